The molecule has 1 aliphatic heterocycles. The van der Waals surface area contributed by atoms with Gasteiger partial charge in [0.2, 0.25) is 0 Å². The second-order valence-electron chi connectivity index (χ2n) is 12.6. The van der Waals surface area contributed by atoms with Crippen LogP contribution in [-0.2, 0) is 18.9 Å². The summed E-state index contributed by atoms with van der Waals surface area (Å²) in [6, 6.07) is 3.39. The molecular formula is C27H41N5O7. The van der Waals surface area contributed by atoms with E-state index in [1.165, 1.54) is 6.33 Å². The van der Waals surface area contributed by atoms with Gasteiger partial charge in [0, 0.05) is 25.3 Å². The van der Waals surface area contributed by atoms with Crippen molar-refractivity contribution in [2.24, 2.45) is 0 Å². The largest absolute Gasteiger partial charge is 0.444 e. The van der Waals surface area contributed by atoms with Crippen molar-refractivity contribution in [1.29, 1.82) is 0 Å². The van der Waals surface area contributed by atoms with E-state index >= 15 is 0 Å². The van der Waals surface area contributed by atoms with E-state index in [1.54, 1.807) is 64.1 Å². The average molecular weight is 548 g/mol. The summed E-state index contributed by atoms with van der Waals surface area (Å²) >= 11 is 0. The number of methoxy groups -OCH3 is 1. The van der Waals surface area contributed by atoms with E-state index in [-0.39, 0.29) is 17.8 Å². The van der Waals surface area contributed by atoms with Crippen LogP contribution in [-0.4, -0.2) is 80.9 Å². The van der Waals surface area contributed by atoms with Crippen molar-refractivity contribution in [3.63, 3.8) is 0 Å². The van der Waals surface area contributed by atoms with Gasteiger partial charge in [-0.2, -0.15) is 10.00 Å². The highest BCUT2D eigenvalue weighted by Gasteiger charge is 2.40. The number of nitrogens with zero attached hydrogens (tertiary/aromatic N) is 5. The SMILES string of the molecule is COC[C@H]1CC(c2ccc3c(N(C(=O)OC(C)(C)C)C(=O)OC(C)(C)C)ncnn23)CN1C(=O)OC(C)(C)C. The maximum atomic E-state index is 13.2. The maximum absolute atomic E-state index is 13.2. The molecule has 0 aliphatic carbocycles. The Kier molecular flexibility index (Phi) is 8.49. The van der Waals surface area contributed by atoms with Crippen LogP contribution in [0.5, 0.6) is 0 Å². The lowest BCUT2D eigenvalue weighted by atomic mass is 10.0. The molecule has 0 radical (unpaired) electrons. The first-order valence-corrected chi connectivity index (χ1v) is 13.0. The van der Waals surface area contributed by atoms with Crippen molar-refractivity contribution in [3.8, 4) is 0 Å². The Hall–Kier alpha value is -3.41. The molecule has 12 nitrogen and oxygen atoms in total. The zero-order chi connectivity index (χ0) is 29.3. The monoisotopic (exact) mass is 547 g/mol. The van der Waals surface area contributed by atoms with Gasteiger partial charge < -0.3 is 23.8 Å². The van der Waals surface area contributed by atoms with Gasteiger partial charge in [-0.25, -0.2) is 23.9 Å². The molecule has 3 heterocycles. The van der Waals surface area contributed by atoms with Gasteiger partial charge in [-0.3, -0.25) is 0 Å². The molecule has 0 spiro atoms. The van der Waals surface area contributed by atoms with Gasteiger partial charge in [-0.1, -0.05) is 0 Å². The number of carbonyl (C=O) groups is 3. The summed E-state index contributed by atoms with van der Waals surface area (Å²) in [6.45, 7) is 16.4. The summed E-state index contributed by atoms with van der Waals surface area (Å²) < 4.78 is 23.6. The van der Waals surface area contributed by atoms with Crippen molar-refractivity contribution in [3.05, 3.63) is 24.2 Å². The lowest BCUT2D eigenvalue weighted by molar-refractivity contribution is 0.0146. The number of fused-ring (bicyclic) bond motifs is 1. The standard InChI is InChI=1S/C27H41N5O7/c1-25(2,3)37-22(33)30-14-17(13-18(30)15-36-10)19-11-12-20-21(28-16-29-32(19)20)31(23(34)38-26(4,5)6)24(35)39-27(7,8)9/h11-12,16-18H,13-15H2,1-10H3/t17?,18-/m1/s1. The number of anilines is 1. The molecule has 2 aromatic heterocycles. The van der Waals surface area contributed by atoms with Crippen LogP contribution in [0, 0.1) is 0 Å². The fourth-order valence-electron chi connectivity index (χ4n) is 4.31. The number of hydrogen-bond acceptors (Lipinski definition) is 9. The van der Waals surface area contributed by atoms with Crippen LogP contribution in [0.25, 0.3) is 5.52 Å². The van der Waals surface area contributed by atoms with E-state index in [9.17, 15) is 14.4 Å². The van der Waals surface area contributed by atoms with Crippen LogP contribution < -0.4 is 4.90 Å². The molecule has 1 fully saturated rings. The third-order valence-electron chi connectivity index (χ3n) is 5.64. The van der Waals surface area contributed by atoms with Crippen LogP contribution in [0.1, 0.15) is 80.3 Å². The van der Waals surface area contributed by atoms with Gasteiger partial charge in [0.1, 0.15) is 28.6 Å². The van der Waals surface area contributed by atoms with Crippen LogP contribution in [0.15, 0.2) is 18.5 Å². The highest BCUT2D eigenvalue weighted by Crippen LogP contribution is 2.35. The lowest BCUT2D eigenvalue weighted by Gasteiger charge is -2.28. The van der Waals surface area contributed by atoms with E-state index in [1.807, 2.05) is 26.8 Å². The fourth-order valence-corrected chi connectivity index (χ4v) is 4.31. The molecule has 1 saturated heterocycles. The third-order valence-corrected chi connectivity index (χ3v) is 5.64. The van der Waals surface area contributed by atoms with Crippen molar-refractivity contribution in [1.82, 2.24) is 19.5 Å². The molecule has 3 rings (SSSR count). The highest BCUT2D eigenvalue weighted by molar-refractivity contribution is 6.11. The zero-order valence-electron chi connectivity index (χ0n) is 24.6. The van der Waals surface area contributed by atoms with Crippen LogP contribution in [0.2, 0.25) is 0 Å². The van der Waals surface area contributed by atoms with Crippen LogP contribution in [0.3, 0.4) is 0 Å². The number of aromatic nitrogens is 3. The minimum Gasteiger partial charge on any atom is -0.444 e. The number of rotatable bonds is 4. The number of hydrogen-bond donors (Lipinski definition) is 0. The van der Waals surface area contributed by atoms with Crippen molar-refractivity contribution < 1.29 is 33.3 Å². The summed E-state index contributed by atoms with van der Waals surface area (Å²) in [5.74, 6) is -0.0883. The first-order valence-electron chi connectivity index (χ1n) is 13.0. The van der Waals surface area contributed by atoms with Gasteiger partial charge >= 0.3 is 18.3 Å². The van der Waals surface area contributed by atoms with Crippen LogP contribution >= 0.6 is 0 Å². The third kappa shape index (κ3) is 7.59. The number of carbonyl (C=O) groups excluding carboxylic acids is 3. The molecule has 1 unspecified atom stereocenters. The Morgan fingerprint density at radius 3 is 2.00 bits per heavy atom. The Balaban J connectivity index is 2.01. The normalized spacial score (nSPS) is 18.3. The van der Waals surface area contributed by atoms with Crippen LogP contribution in [0.4, 0.5) is 20.2 Å². The molecule has 3 amide bonds. The predicted molar refractivity (Wildman–Crippen MR) is 144 cm³/mol. The van der Waals surface area contributed by atoms with E-state index in [0.29, 0.717) is 25.1 Å². The number of amides is 3. The van der Waals surface area contributed by atoms with Crippen molar-refractivity contribution >= 4 is 29.6 Å². The van der Waals surface area contributed by atoms with Crippen molar-refractivity contribution in [2.45, 2.75) is 97.5 Å². The Morgan fingerprint density at radius 1 is 0.923 bits per heavy atom. The Labute approximate surface area is 229 Å². The smallest absolute Gasteiger partial charge is 0.425 e. The molecule has 0 aromatic carbocycles. The second-order valence-corrected chi connectivity index (χ2v) is 12.6. The molecule has 2 atom stereocenters. The first kappa shape index (κ1) is 30.1. The Bertz CT molecular complexity index is 1180. The molecule has 39 heavy (non-hydrogen) atoms. The summed E-state index contributed by atoms with van der Waals surface area (Å²) in [4.78, 5) is 46.1. The Morgan fingerprint density at radius 2 is 1.49 bits per heavy atom. The highest BCUT2D eigenvalue weighted by atomic mass is 16.6. The summed E-state index contributed by atoms with van der Waals surface area (Å²) in [5.41, 5.74) is -1.17. The van der Waals surface area contributed by atoms with E-state index in [2.05, 4.69) is 10.1 Å². The van der Waals surface area contributed by atoms with E-state index < -0.39 is 35.1 Å². The van der Waals surface area contributed by atoms with Gasteiger partial charge in [0.15, 0.2) is 5.82 Å². The van der Waals surface area contributed by atoms with E-state index in [4.69, 9.17) is 18.9 Å². The van der Waals surface area contributed by atoms with Gasteiger partial charge in [-0.15, -0.1) is 0 Å². The minimum atomic E-state index is -0.919. The topological polar surface area (TPSA) is 125 Å². The molecule has 2 aromatic rings. The molecule has 12 heteroatoms. The van der Waals surface area contributed by atoms with Crippen molar-refractivity contribution in [2.75, 3.05) is 25.2 Å². The number of ether oxygens (including phenoxy) is 4. The van der Waals surface area contributed by atoms with Gasteiger partial charge in [0.25, 0.3) is 0 Å². The predicted octanol–water partition coefficient (Wildman–Crippen LogP) is 5.15. The summed E-state index contributed by atoms with van der Waals surface area (Å²) in [7, 11) is 1.59. The van der Waals surface area contributed by atoms with Gasteiger partial charge in [-0.05, 0) is 80.9 Å². The number of likely N-dealkylation sites (tertiary alicyclic amines) is 1. The molecule has 0 bridgehead atoms. The summed E-state index contributed by atoms with van der Waals surface area (Å²) in [5, 5.41) is 4.41. The lowest BCUT2D eigenvalue weighted by Crippen LogP contribution is -2.44. The number of imide groups is 1. The summed E-state index contributed by atoms with van der Waals surface area (Å²) in [6.07, 6.45) is -0.375. The quantitative estimate of drug-likeness (QED) is 0.478. The molecule has 0 N–H and O–H groups in total. The van der Waals surface area contributed by atoms with Gasteiger partial charge in [0.05, 0.1) is 12.6 Å². The zero-order valence-corrected chi connectivity index (χ0v) is 24.6. The molecule has 216 valence electrons. The maximum Gasteiger partial charge on any atom is 0.425 e. The first-order chi connectivity index (χ1) is 17.9. The molecule has 0 saturated carbocycles. The average Bonchev–Trinajstić information content (AvgIpc) is 3.35. The molecular weight excluding hydrogens is 506 g/mol. The van der Waals surface area contributed by atoms with E-state index in [0.717, 1.165) is 10.6 Å². The second kappa shape index (κ2) is 11.0. The fraction of sp³-hybridized carbons (Fsp3) is 0.667. The minimum absolute atomic E-state index is 0.0233. The molecule has 1 aliphatic rings.